The molecule has 7 heteroatoms. The van der Waals surface area contributed by atoms with Crippen LogP contribution in [0, 0.1) is 6.92 Å². The average Bonchev–Trinajstić information content (AvgIpc) is 2.88. The molecule has 5 nitrogen and oxygen atoms in total. The summed E-state index contributed by atoms with van der Waals surface area (Å²) >= 11 is 9.61. The highest BCUT2D eigenvalue weighted by Crippen LogP contribution is 2.25. The number of anilines is 1. The fourth-order valence-electron chi connectivity index (χ4n) is 2.76. The van der Waals surface area contributed by atoms with E-state index in [2.05, 4.69) is 36.1 Å². The van der Waals surface area contributed by atoms with Crippen LogP contribution in [0.3, 0.4) is 0 Å². The van der Waals surface area contributed by atoms with Crippen LogP contribution in [0.4, 0.5) is 5.82 Å². The highest BCUT2D eigenvalue weighted by Gasteiger charge is 2.23. The number of piperidine rings is 1. The summed E-state index contributed by atoms with van der Waals surface area (Å²) in [5.41, 5.74) is 1.54. The van der Waals surface area contributed by atoms with Crippen LogP contribution in [0.2, 0.25) is 5.02 Å². The van der Waals surface area contributed by atoms with E-state index in [0.29, 0.717) is 10.7 Å². The summed E-state index contributed by atoms with van der Waals surface area (Å²) in [6.45, 7) is 3.58. The van der Waals surface area contributed by atoms with Gasteiger partial charge in [0.05, 0.1) is 5.02 Å². The first-order chi connectivity index (χ1) is 11.0. The second kappa shape index (κ2) is 6.93. The maximum absolute atomic E-state index is 12.3. The van der Waals surface area contributed by atoms with Gasteiger partial charge in [0.25, 0.3) is 5.91 Å². The van der Waals surface area contributed by atoms with Gasteiger partial charge in [-0.3, -0.25) is 4.79 Å². The summed E-state index contributed by atoms with van der Waals surface area (Å²) in [7, 11) is 0. The lowest BCUT2D eigenvalue weighted by molar-refractivity contribution is 0.0926. The van der Waals surface area contributed by atoms with Crippen molar-refractivity contribution >= 4 is 39.3 Å². The van der Waals surface area contributed by atoms with Crippen LogP contribution in [-0.4, -0.2) is 35.0 Å². The molecule has 2 aromatic heterocycles. The van der Waals surface area contributed by atoms with Crippen molar-refractivity contribution in [2.45, 2.75) is 25.8 Å². The Morgan fingerprint density at radius 2 is 2.22 bits per heavy atom. The number of hydrogen-bond acceptors (Lipinski definition) is 3. The molecule has 122 valence electrons. The van der Waals surface area contributed by atoms with Gasteiger partial charge in [0.2, 0.25) is 0 Å². The standard InChI is InChI=1S/C16H18BrClN4O/c1-10-12(17)9-14(20-10)16(23)21-11-4-7-22(8-5-11)15-13(18)3-2-6-19-15/h2-3,6,9,11,20H,4-5,7-8H2,1H3,(H,21,23). The molecule has 0 aliphatic carbocycles. The Morgan fingerprint density at radius 3 is 2.83 bits per heavy atom. The smallest absolute Gasteiger partial charge is 0.267 e. The quantitative estimate of drug-likeness (QED) is 0.833. The number of rotatable bonds is 3. The van der Waals surface area contributed by atoms with Gasteiger partial charge in [0, 0.05) is 35.5 Å². The molecule has 0 atom stereocenters. The number of nitrogens with one attached hydrogen (secondary N) is 2. The summed E-state index contributed by atoms with van der Waals surface area (Å²) < 4.78 is 0.919. The third kappa shape index (κ3) is 3.70. The molecule has 1 amide bonds. The minimum Gasteiger partial charge on any atom is -0.355 e. The number of carbonyl (C=O) groups is 1. The van der Waals surface area contributed by atoms with Crippen molar-refractivity contribution in [3.8, 4) is 0 Å². The van der Waals surface area contributed by atoms with Gasteiger partial charge >= 0.3 is 0 Å². The van der Waals surface area contributed by atoms with Crippen molar-refractivity contribution in [1.29, 1.82) is 0 Å². The SMILES string of the molecule is Cc1[nH]c(C(=O)NC2CCN(c3ncccc3Cl)CC2)cc1Br. The molecule has 1 saturated heterocycles. The molecule has 23 heavy (non-hydrogen) atoms. The van der Waals surface area contributed by atoms with E-state index >= 15 is 0 Å². The zero-order chi connectivity index (χ0) is 16.4. The molecule has 0 bridgehead atoms. The summed E-state index contributed by atoms with van der Waals surface area (Å²) in [6, 6.07) is 5.66. The van der Waals surface area contributed by atoms with Crippen LogP contribution in [-0.2, 0) is 0 Å². The molecule has 1 aliphatic heterocycles. The first kappa shape index (κ1) is 16.3. The summed E-state index contributed by atoms with van der Waals surface area (Å²) in [5.74, 6) is 0.760. The van der Waals surface area contributed by atoms with E-state index in [-0.39, 0.29) is 11.9 Å². The average molecular weight is 398 g/mol. The fraction of sp³-hybridized carbons (Fsp3) is 0.375. The van der Waals surface area contributed by atoms with Gasteiger partial charge in [0.15, 0.2) is 0 Å². The number of nitrogens with zero attached hydrogens (tertiary/aromatic N) is 2. The molecule has 2 N–H and O–H groups in total. The largest absolute Gasteiger partial charge is 0.355 e. The number of hydrogen-bond donors (Lipinski definition) is 2. The van der Waals surface area contributed by atoms with Crippen LogP contribution in [0.5, 0.6) is 0 Å². The lowest BCUT2D eigenvalue weighted by atomic mass is 10.0. The Bertz CT molecular complexity index is 690. The van der Waals surface area contributed by atoms with E-state index < -0.39 is 0 Å². The number of halogens is 2. The lowest BCUT2D eigenvalue weighted by Gasteiger charge is -2.33. The molecule has 2 aromatic rings. The highest BCUT2D eigenvalue weighted by atomic mass is 79.9. The summed E-state index contributed by atoms with van der Waals surface area (Å²) in [6.07, 6.45) is 3.50. The number of amides is 1. The lowest BCUT2D eigenvalue weighted by Crippen LogP contribution is -2.45. The first-order valence-corrected chi connectivity index (χ1v) is 8.73. The topological polar surface area (TPSA) is 61.0 Å². The Hall–Kier alpha value is -1.53. The van der Waals surface area contributed by atoms with Gasteiger partial charge in [-0.05, 0) is 53.9 Å². The van der Waals surface area contributed by atoms with Crippen LogP contribution < -0.4 is 10.2 Å². The van der Waals surface area contributed by atoms with Gasteiger partial charge in [0.1, 0.15) is 11.5 Å². The van der Waals surface area contributed by atoms with Crippen molar-refractivity contribution in [3.63, 3.8) is 0 Å². The van der Waals surface area contributed by atoms with Gasteiger partial charge in [-0.25, -0.2) is 4.98 Å². The Balaban J connectivity index is 1.57. The first-order valence-electron chi connectivity index (χ1n) is 7.56. The maximum atomic E-state index is 12.3. The molecule has 0 saturated carbocycles. The molecule has 3 rings (SSSR count). The number of aromatic nitrogens is 2. The number of aromatic amines is 1. The highest BCUT2D eigenvalue weighted by molar-refractivity contribution is 9.10. The molecule has 0 spiro atoms. The minimum absolute atomic E-state index is 0.0619. The Kier molecular flexibility index (Phi) is 4.92. The Labute approximate surface area is 148 Å². The maximum Gasteiger partial charge on any atom is 0.267 e. The normalized spacial score (nSPS) is 15.7. The zero-order valence-electron chi connectivity index (χ0n) is 12.8. The van der Waals surface area contributed by atoms with E-state index in [1.807, 2.05) is 25.1 Å². The van der Waals surface area contributed by atoms with E-state index in [1.165, 1.54) is 0 Å². The van der Waals surface area contributed by atoms with Crippen molar-refractivity contribution in [3.05, 3.63) is 45.3 Å². The molecular formula is C16H18BrClN4O. The number of H-pyrrole nitrogens is 1. The van der Waals surface area contributed by atoms with E-state index in [0.717, 1.165) is 41.9 Å². The third-order valence-corrected chi connectivity index (χ3v) is 5.18. The number of aryl methyl sites for hydroxylation is 1. The number of carbonyl (C=O) groups excluding carboxylic acids is 1. The van der Waals surface area contributed by atoms with Gasteiger partial charge < -0.3 is 15.2 Å². The zero-order valence-corrected chi connectivity index (χ0v) is 15.1. The Morgan fingerprint density at radius 1 is 1.48 bits per heavy atom. The van der Waals surface area contributed by atoms with E-state index in [1.54, 1.807) is 6.20 Å². The van der Waals surface area contributed by atoms with Gasteiger partial charge in [-0.15, -0.1) is 0 Å². The predicted octanol–water partition coefficient (Wildman–Crippen LogP) is 3.53. The van der Waals surface area contributed by atoms with Crippen molar-refractivity contribution in [1.82, 2.24) is 15.3 Å². The van der Waals surface area contributed by atoms with Crippen LogP contribution >= 0.6 is 27.5 Å². The molecule has 3 heterocycles. The van der Waals surface area contributed by atoms with Crippen LogP contribution in [0.25, 0.3) is 0 Å². The van der Waals surface area contributed by atoms with Gasteiger partial charge in [-0.1, -0.05) is 11.6 Å². The van der Waals surface area contributed by atoms with E-state index in [9.17, 15) is 4.79 Å². The van der Waals surface area contributed by atoms with Crippen molar-refractivity contribution in [2.75, 3.05) is 18.0 Å². The minimum atomic E-state index is -0.0619. The second-order valence-electron chi connectivity index (χ2n) is 5.70. The molecule has 0 radical (unpaired) electrons. The van der Waals surface area contributed by atoms with E-state index in [4.69, 9.17) is 11.6 Å². The van der Waals surface area contributed by atoms with Crippen molar-refractivity contribution < 1.29 is 4.79 Å². The molecule has 1 aliphatic rings. The molecule has 0 aromatic carbocycles. The fourth-order valence-corrected chi connectivity index (χ4v) is 3.33. The molecule has 1 fully saturated rings. The molecular weight excluding hydrogens is 380 g/mol. The van der Waals surface area contributed by atoms with Crippen molar-refractivity contribution in [2.24, 2.45) is 0 Å². The second-order valence-corrected chi connectivity index (χ2v) is 6.96. The number of pyridine rings is 1. The third-order valence-electron chi connectivity index (χ3n) is 4.06. The predicted molar refractivity (Wildman–Crippen MR) is 95.2 cm³/mol. The van der Waals surface area contributed by atoms with Gasteiger partial charge in [-0.2, -0.15) is 0 Å². The van der Waals surface area contributed by atoms with Crippen LogP contribution in [0.15, 0.2) is 28.9 Å². The summed E-state index contributed by atoms with van der Waals surface area (Å²) in [4.78, 5) is 21.9. The van der Waals surface area contributed by atoms with Crippen LogP contribution in [0.1, 0.15) is 29.0 Å². The monoisotopic (exact) mass is 396 g/mol. The molecule has 0 unspecified atom stereocenters. The summed E-state index contributed by atoms with van der Waals surface area (Å²) in [5, 5.41) is 3.76.